The van der Waals surface area contributed by atoms with E-state index in [2.05, 4.69) is 19.2 Å². The first-order valence-corrected chi connectivity index (χ1v) is 8.70. The van der Waals surface area contributed by atoms with Gasteiger partial charge < -0.3 is 19.7 Å². The van der Waals surface area contributed by atoms with Crippen LogP contribution in [0, 0.1) is 11.8 Å². The minimum Gasteiger partial charge on any atom is -0.495 e. The number of nitrogens with one attached hydrogen (secondary N) is 1. The van der Waals surface area contributed by atoms with Gasteiger partial charge in [-0.3, -0.25) is 4.79 Å². The summed E-state index contributed by atoms with van der Waals surface area (Å²) in [6.07, 6.45) is 1.17. The Kier molecular flexibility index (Phi) is 6.21. The number of hydrogen-bond donors (Lipinski definition) is 1. The van der Waals surface area contributed by atoms with Gasteiger partial charge in [0.25, 0.3) is 0 Å². The number of benzene rings is 1. The molecule has 1 aromatic rings. The molecule has 1 amide bonds. The summed E-state index contributed by atoms with van der Waals surface area (Å²) in [6.45, 7) is 7.88. The molecule has 0 aromatic heterocycles. The van der Waals surface area contributed by atoms with Gasteiger partial charge in [-0.2, -0.15) is 0 Å². The van der Waals surface area contributed by atoms with Crippen LogP contribution in [0.4, 0.5) is 5.69 Å². The summed E-state index contributed by atoms with van der Waals surface area (Å²) in [5.41, 5.74) is 0.683. The second-order valence-electron chi connectivity index (χ2n) is 6.74. The number of likely N-dealkylation sites (tertiary alicyclic amines) is 1. The second kappa shape index (κ2) is 7.97. The molecule has 134 valence electrons. The summed E-state index contributed by atoms with van der Waals surface area (Å²) < 4.78 is 10.6. The average molecular weight is 355 g/mol. The van der Waals surface area contributed by atoms with Crippen molar-refractivity contribution in [2.45, 2.75) is 33.2 Å². The zero-order valence-electron chi connectivity index (χ0n) is 15.1. The Morgan fingerprint density at radius 2 is 1.79 bits per heavy atom. The SMILES string of the molecule is COc1cc(OC)c(N[C@@H](C)C(=O)N2C[C@H](C)C[C@H](C)C2)cc1Cl. The predicted molar refractivity (Wildman–Crippen MR) is 97.2 cm³/mol. The second-order valence-corrected chi connectivity index (χ2v) is 7.15. The van der Waals surface area contributed by atoms with E-state index in [-0.39, 0.29) is 11.9 Å². The highest BCUT2D eigenvalue weighted by Gasteiger charge is 2.28. The fourth-order valence-electron chi connectivity index (χ4n) is 3.38. The van der Waals surface area contributed by atoms with Crippen LogP contribution in [-0.4, -0.2) is 44.2 Å². The zero-order chi connectivity index (χ0) is 17.9. The molecular weight excluding hydrogens is 328 g/mol. The van der Waals surface area contributed by atoms with E-state index in [1.165, 1.54) is 6.42 Å². The third-order valence-electron chi connectivity index (χ3n) is 4.40. The summed E-state index contributed by atoms with van der Waals surface area (Å²) in [5.74, 6) is 2.31. The Morgan fingerprint density at radius 3 is 2.33 bits per heavy atom. The molecule has 2 rings (SSSR count). The monoisotopic (exact) mass is 354 g/mol. The van der Waals surface area contributed by atoms with Crippen molar-refractivity contribution in [1.82, 2.24) is 4.90 Å². The molecule has 1 aliphatic rings. The van der Waals surface area contributed by atoms with Crippen LogP contribution in [0.5, 0.6) is 11.5 Å². The molecule has 0 aliphatic carbocycles. The highest BCUT2D eigenvalue weighted by atomic mass is 35.5. The van der Waals surface area contributed by atoms with Crippen LogP contribution >= 0.6 is 11.6 Å². The molecule has 0 spiro atoms. The highest BCUT2D eigenvalue weighted by molar-refractivity contribution is 6.32. The van der Waals surface area contributed by atoms with Gasteiger partial charge in [-0.25, -0.2) is 0 Å². The molecule has 1 N–H and O–H groups in total. The third-order valence-corrected chi connectivity index (χ3v) is 4.69. The van der Waals surface area contributed by atoms with Crippen molar-refractivity contribution in [3.63, 3.8) is 0 Å². The van der Waals surface area contributed by atoms with E-state index in [1.54, 1.807) is 26.4 Å². The molecular formula is C18H27ClN2O3. The number of rotatable bonds is 5. The lowest BCUT2D eigenvalue weighted by Gasteiger charge is -2.36. The van der Waals surface area contributed by atoms with Gasteiger partial charge in [-0.1, -0.05) is 25.4 Å². The van der Waals surface area contributed by atoms with Crippen molar-refractivity contribution in [3.05, 3.63) is 17.2 Å². The van der Waals surface area contributed by atoms with Crippen molar-refractivity contribution in [3.8, 4) is 11.5 Å². The Morgan fingerprint density at radius 1 is 1.21 bits per heavy atom. The number of piperidine rings is 1. The largest absolute Gasteiger partial charge is 0.495 e. The maximum Gasteiger partial charge on any atom is 0.244 e. The summed E-state index contributed by atoms with van der Waals surface area (Å²) >= 11 is 6.19. The van der Waals surface area contributed by atoms with Gasteiger partial charge in [0.05, 0.1) is 24.9 Å². The van der Waals surface area contributed by atoms with E-state index in [9.17, 15) is 4.79 Å². The standard InChI is InChI=1S/C18H27ClN2O3/c1-11-6-12(2)10-21(9-11)18(22)13(3)20-15-7-14(19)16(23-4)8-17(15)24-5/h7-8,11-13,20H,6,9-10H2,1-5H3/t11-,12+,13-/m0/s1. The maximum absolute atomic E-state index is 12.8. The summed E-state index contributed by atoms with van der Waals surface area (Å²) in [7, 11) is 3.13. The van der Waals surface area contributed by atoms with Crippen LogP contribution in [0.3, 0.4) is 0 Å². The van der Waals surface area contributed by atoms with E-state index in [1.807, 2.05) is 11.8 Å². The van der Waals surface area contributed by atoms with Crippen LogP contribution in [0.25, 0.3) is 0 Å². The number of nitrogens with zero attached hydrogens (tertiary/aromatic N) is 1. The van der Waals surface area contributed by atoms with Gasteiger partial charge in [0.2, 0.25) is 5.91 Å². The first-order chi connectivity index (χ1) is 11.3. The van der Waals surface area contributed by atoms with Crippen molar-refractivity contribution in [2.75, 3.05) is 32.6 Å². The van der Waals surface area contributed by atoms with Crippen LogP contribution in [0.15, 0.2) is 12.1 Å². The topological polar surface area (TPSA) is 50.8 Å². The van der Waals surface area contributed by atoms with E-state index >= 15 is 0 Å². The highest BCUT2D eigenvalue weighted by Crippen LogP contribution is 2.36. The summed E-state index contributed by atoms with van der Waals surface area (Å²) in [4.78, 5) is 14.7. The van der Waals surface area contributed by atoms with Gasteiger partial charge in [0, 0.05) is 19.2 Å². The van der Waals surface area contributed by atoms with Crippen molar-refractivity contribution < 1.29 is 14.3 Å². The molecule has 0 bridgehead atoms. The number of methoxy groups -OCH3 is 2. The zero-order valence-corrected chi connectivity index (χ0v) is 15.8. The maximum atomic E-state index is 12.8. The lowest BCUT2D eigenvalue weighted by Crippen LogP contribution is -2.48. The third kappa shape index (κ3) is 4.26. The van der Waals surface area contributed by atoms with Crippen molar-refractivity contribution in [2.24, 2.45) is 11.8 Å². The molecule has 0 saturated carbocycles. The quantitative estimate of drug-likeness (QED) is 0.876. The number of anilines is 1. The Hall–Kier alpha value is -1.62. The molecule has 5 nitrogen and oxygen atoms in total. The molecule has 1 heterocycles. The van der Waals surface area contributed by atoms with Crippen molar-refractivity contribution in [1.29, 1.82) is 0 Å². The number of carbonyl (C=O) groups is 1. The van der Waals surface area contributed by atoms with Gasteiger partial charge in [0.1, 0.15) is 17.5 Å². The Bertz CT molecular complexity index is 584. The fourth-order valence-corrected chi connectivity index (χ4v) is 3.63. The molecule has 1 aliphatic heterocycles. The predicted octanol–water partition coefficient (Wildman–Crippen LogP) is 3.66. The molecule has 1 fully saturated rings. The molecule has 6 heteroatoms. The van der Waals surface area contributed by atoms with Crippen LogP contribution < -0.4 is 14.8 Å². The van der Waals surface area contributed by atoms with E-state index < -0.39 is 0 Å². The summed E-state index contributed by atoms with van der Waals surface area (Å²) in [5, 5.41) is 3.70. The number of hydrogen-bond acceptors (Lipinski definition) is 4. The minimum atomic E-state index is -0.360. The number of ether oxygens (including phenoxy) is 2. The fraction of sp³-hybridized carbons (Fsp3) is 0.611. The summed E-state index contributed by atoms with van der Waals surface area (Å²) in [6, 6.07) is 3.08. The van der Waals surface area contributed by atoms with E-state index in [0.29, 0.717) is 34.0 Å². The molecule has 0 radical (unpaired) electrons. The van der Waals surface area contributed by atoms with Gasteiger partial charge in [-0.05, 0) is 31.2 Å². The molecule has 24 heavy (non-hydrogen) atoms. The molecule has 1 aromatic carbocycles. The van der Waals surface area contributed by atoms with Crippen LogP contribution in [0.2, 0.25) is 5.02 Å². The van der Waals surface area contributed by atoms with E-state index in [0.717, 1.165) is 13.1 Å². The minimum absolute atomic E-state index is 0.0994. The lowest BCUT2D eigenvalue weighted by atomic mass is 9.91. The first kappa shape index (κ1) is 18.7. The Balaban J connectivity index is 2.12. The number of halogens is 1. The number of amides is 1. The Labute approximate surface area is 149 Å². The smallest absolute Gasteiger partial charge is 0.244 e. The average Bonchev–Trinajstić information content (AvgIpc) is 2.53. The van der Waals surface area contributed by atoms with E-state index in [4.69, 9.17) is 21.1 Å². The van der Waals surface area contributed by atoms with Crippen LogP contribution in [-0.2, 0) is 4.79 Å². The number of carbonyl (C=O) groups excluding carboxylic acids is 1. The molecule has 3 atom stereocenters. The van der Waals surface area contributed by atoms with Gasteiger partial charge in [-0.15, -0.1) is 0 Å². The van der Waals surface area contributed by atoms with Gasteiger partial charge in [0.15, 0.2) is 0 Å². The van der Waals surface area contributed by atoms with Crippen molar-refractivity contribution >= 4 is 23.2 Å². The molecule has 0 unspecified atom stereocenters. The first-order valence-electron chi connectivity index (χ1n) is 8.32. The van der Waals surface area contributed by atoms with Gasteiger partial charge >= 0.3 is 0 Å². The normalized spacial score (nSPS) is 22.0. The lowest BCUT2D eigenvalue weighted by molar-refractivity contribution is -0.134. The van der Waals surface area contributed by atoms with Crippen LogP contribution in [0.1, 0.15) is 27.2 Å². The molecule has 1 saturated heterocycles.